The molecule has 25 heavy (non-hydrogen) atoms. The lowest BCUT2D eigenvalue weighted by atomic mass is 10.00. The highest BCUT2D eigenvalue weighted by Crippen LogP contribution is 2.26. The second-order valence-corrected chi connectivity index (χ2v) is 6.62. The van der Waals surface area contributed by atoms with Gasteiger partial charge in [0.05, 0.1) is 0 Å². The van der Waals surface area contributed by atoms with Gasteiger partial charge in [-0.25, -0.2) is 0 Å². The summed E-state index contributed by atoms with van der Waals surface area (Å²) >= 11 is 5.96. The molecule has 136 valence electrons. The van der Waals surface area contributed by atoms with Gasteiger partial charge in [0.25, 0.3) is 0 Å². The molecule has 1 aliphatic rings. The third-order valence-corrected chi connectivity index (χ3v) is 4.61. The summed E-state index contributed by atoms with van der Waals surface area (Å²) in [4.78, 5) is 16.3. The number of hydrogen-bond donors (Lipinski definition) is 2. The topological polar surface area (TPSA) is 94.0 Å². The van der Waals surface area contributed by atoms with Crippen molar-refractivity contribution in [3.8, 4) is 11.4 Å². The number of carbonyl (C=O) groups excluding carboxylic acids is 1. The summed E-state index contributed by atoms with van der Waals surface area (Å²) in [6.07, 6.45) is 4.18. The predicted molar refractivity (Wildman–Crippen MR) is 98.6 cm³/mol. The monoisotopic (exact) mass is 384 g/mol. The van der Waals surface area contributed by atoms with Gasteiger partial charge < -0.3 is 15.6 Å². The Labute approximate surface area is 157 Å². The van der Waals surface area contributed by atoms with Crippen molar-refractivity contribution in [1.29, 1.82) is 0 Å². The highest BCUT2D eigenvalue weighted by Gasteiger charge is 2.25. The first-order chi connectivity index (χ1) is 11.6. The van der Waals surface area contributed by atoms with Crippen LogP contribution in [0.25, 0.3) is 11.4 Å². The van der Waals surface area contributed by atoms with Crippen molar-refractivity contribution in [1.82, 2.24) is 15.5 Å². The van der Waals surface area contributed by atoms with Gasteiger partial charge in [-0.05, 0) is 30.9 Å². The van der Waals surface area contributed by atoms with Crippen molar-refractivity contribution in [2.45, 2.75) is 38.1 Å². The van der Waals surface area contributed by atoms with Crippen LogP contribution in [-0.4, -0.2) is 28.6 Å². The lowest BCUT2D eigenvalue weighted by Crippen LogP contribution is -2.32. The van der Waals surface area contributed by atoms with E-state index in [0.29, 0.717) is 42.0 Å². The van der Waals surface area contributed by atoms with Crippen LogP contribution in [0.3, 0.4) is 0 Å². The average Bonchev–Trinajstić information content (AvgIpc) is 3.17. The lowest BCUT2D eigenvalue weighted by Gasteiger charge is -2.14. The van der Waals surface area contributed by atoms with Gasteiger partial charge in [0.15, 0.2) is 0 Å². The predicted octanol–water partition coefficient (Wildman–Crippen LogP) is 2.99. The minimum absolute atomic E-state index is 0. The van der Waals surface area contributed by atoms with Crippen LogP contribution >= 0.6 is 24.0 Å². The standard InChI is InChI=1S/C17H21ClN4O2.ClH/c18-13-5-1-4-12(9-13)17-21-16(24-22-17)7-8-20-15(23)10-11-3-2-6-14(11)19;/h1,4-5,9,11,14H,2-3,6-8,10,19H2,(H,20,23);1H/t11-,14+;/m0./s1. The fourth-order valence-corrected chi connectivity index (χ4v) is 3.23. The van der Waals surface area contributed by atoms with Crippen LogP contribution in [-0.2, 0) is 11.2 Å². The zero-order valence-electron chi connectivity index (χ0n) is 13.8. The van der Waals surface area contributed by atoms with E-state index in [0.717, 1.165) is 24.8 Å². The average molecular weight is 385 g/mol. The molecule has 3 N–H and O–H groups in total. The molecule has 0 aliphatic heterocycles. The Hall–Kier alpha value is -1.63. The minimum Gasteiger partial charge on any atom is -0.356 e. The van der Waals surface area contributed by atoms with E-state index in [1.54, 1.807) is 12.1 Å². The summed E-state index contributed by atoms with van der Waals surface area (Å²) in [7, 11) is 0. The van der Waals surface area contributed by atoms with Crippen molar-refractivity contribution in [2.75, 3.05) is 6.54 Å². The van der Waals surface area contributed by atoms with Crippen molar-refractivity contribution >= 4 is 29.9 Å². The van der Waals surface area contributed by atoms with Crippen LogP contribution in [0.4, 0.5) is 0 Å². The number of rotatable bonds is 6. The first-order valence-electron chi connectivity index (χ1n) is 8.22. The molecule has 1 saturated carbocycles. The fraction of sp³-hybridized carbons (Fsp3) is 0.471. The second-order valence-electron chi connectivity index (χ2n) is 6.18. The molecular weight excluding hydrogens is 363 g/mol. The van der Waals surface area contributed by atoms with Gasteiger partial charge in [0, 0.05) is 36.0 Å². The zero-order chi connectivity index (χ0) is 16.9. The first kappa shape index (κ1) is 19.7. The third kappa shape index (κ3) is 5.42. The van der Waals surface area contributed by atoms with Crippen LogP contribution in [0.1, 0.15) is 31.6 Å². The summed E-state index contributed by atoms with van der Waals surface area (Å²) in [5.74, 6) is 1.33. The molecule has 1 aromatic carbocycles. The van der Waals surface area contributed by atoms with Crippen molar-refractivity contribution in [3.63, 3.8) is 0 Å². The fourth-order valence-electron chi connectivity index (χ4n) is 3.04. The Morgan fingerprint density at radius 2 is 2.24 bits per heavy atom. The van der Waals surface area contributed by atoms with Crippen LogP contribution < -0.4 is 11.1 Å². The lowest BCUT2D eigenvalue weighted by molar-refractivity contribution is -0.122. The molecule has 6 nitrogen and oxygen atoms in total. The van der Waals surface area contributed by atoms with Gasteiger partial charge in [-0.2, -0.15) is 4.98 Å². The Balaban J connectivity index is 0.00000225. The number of hydrogen-bond acceptors (Lipinski definition) is 5. The van der Waals surface area contributed by atoms with Gasteiger partial charge in [-0.15, -0.1) is 12.4 Å². The van der Waals surface area contributed by atoms with E-state index in [1.165, 1.54) is 0 Å². The largest absolute Gasteiger partial charge is 0.356 e. The molecule has 2 atom stereocenters. The van der Waals surface area contributed by atoms with Crippen LogP contribution in [0, 0.1) is 5.92 Å². The van der Waals surface area contributed by atoms with E-state index < -0.39 is 0 Å². The number of nitrogens with two attached hydrogens (primary N) is 1. The van der Waals surface area contributed by atoms with Crippen molar-refractivity contribution in [3.05, 3.63) is 35.2 Å². The van der Waals surface area contributed by atoms with Crippen LogP contribution in [0.2, 0.25) is 5.02 Å². The number of carbonyl (C=O) groups is 1. The number of halogens is 2. The summed E-state index contributed by atoms with van der Waals surface area (Å²) in [5, 5.41) is 7.46. The van der Waals surface area contributed by atoms with E-state index in [-0.39, 0.29) is 24.4 Å². The number of amides is 1. The molecule has 0 bridgehead atoms. The molecule has 3 rings (SSSR count). The highest BCUT2D eigenvalue weighted by atomic mass is 35.5. The summed E-state index contributed by atoms with van der Waals surface area (Å²) in [6.45, 7) is 0.470. The maximum Gasteiger partial charge on any atom is 0.228 e. The Kier molecular flexibility index (Phi) is 7.23. The Morgan fingerprint density at radius 3 is 2.96 bits per heavy atom. The van der Waals surface area contributed by atoms with Gasteiger partial charge in [-0.1, -0.05) is 35.3 Å². The van der Waals surface area contributed by atoms with E-state index in [1.807, 2.05) is 12.1 Å². The van der Waals surface area contributed by atoms with E-state index >= 15 is 0 Å². The third-order valence-electron chi connectivity index (χ3n) is 4.38. The Bertz CT molecular complexity index is 707. The minimum atomic E-state index is 0. The van der Waals surface area contributed by atoms with E-state index in [2.05, 4.69) is 15.5 Å². The van der Waals surface area contributed by atoms with Crippen molar-refractivity contribution < 1.29 is 9.32 Å². The molecular formula is C17H22Cl2N4O2. The van der Waals surface area contributed by atoms with Gasteiger partial charge in [-0.3, -0.25) is 4.79 Å². The highest BCUT2D eigenvalue weighted by molar-refractivity contribution is 6.30. The molecule has 8 heteroatoms. The summed E-state index contributed by atoms with van der Waals surface area (Å²) < 4.78 is 5.22. The SMILES string of the molecule is Cl.N[C@@H]1CCC[C@H]1CC(=O)NCCc1nc(-c2cccc(Cl)c2)no1. The number of aromatic nitrogens is 2. The summed E-state index contributed by atoms with van der Waals surface area (Å²) in [5.41, 5.74) is 6.80. The maximum atomic E-state index is 12.0. The number of nitrogens with one attached hydrogen (secondary N) is 1. The molecule has 1 heterocycles. The molecule has 1 aromatic heterocycles. The molecule has 1 fully saturated rings. The van der Waals surface area contributed by atoms with Crippen LogP contribution in [0.15, 0.2) is 28.8 Å². The number of benzene rings is 1. The molecule has 2 aromatic rings. The van der Waals surface area contributed by atoms with Gasteiger partial charge >= 0.3 is 0 Å². The molecule has 0 radical (unpaired) electrons. The zero-order valence-corrected chi connectivity index (χ0v) is 15.4. The smallest absolute Gasteiger partial charge is 0.228 e. The summed E-state index contributed by atoms with van der Waals surface area (Å²) in [6, 6.07) is 7.43. The normalized spacial score (nSPS) is 19.4. The second kappa shape index (κ2) is 9.17. The number of nitrogens with zero attached hydrogens (tertiary/aromatic N) is 2. The van der Waals surface area contributed by atoms with Crippen molar-refractivity contribution in [2.24, 2.45) is 11.7 Å². The quantitative estimate of drug-likeness (QED) is 0.797. The molecule has 0 saturated heterocycles. The van der Waals surface area contributed by atoms with E-state index in [4.69, 9.17) is 21.9 Å². The molecule has 0 unspecified atom stereocenters. The van der Waals surface area contributed by atoms with Gasteiger partial charge in [0.2, 0.25) is 17.6 Å². The first-order valence-corrected chi connectivity index (χ1v) is 8.60. The maximum absolute atomic E-state index is 12.0. The van der Waals surface area contributed by atoms with Crippen LogP contribution in [0.5, 0.6) is 0 Å². The molecule has 1 amide bonds. The molecule has 1 aliphatic carbocycles. The van der Waals surface area contributed by atoms with E-state index in [9.17, 15) is 4.79 Å². The van der Waals surface area contributed by atoms with Gasteiger partial charge in [0.1, 0.15) is 0 Å². The Morgan fingerprint density at radius 1 is 1.40 bits per heavy atom. The molecule has 0 spiro atoms.